The highest BCUT2D eigenvalue weighted by molar-refractivity contribution is 7.15. The maximum absolute atomic E-state index is 12.3. The number of carbonyl (C=O) groups is 2. The number of anilines is 1. The molecule has 2 aromatic rings. The van der Waals surface area contributed by atoms with Crippen molar-refractivity contribution >= 4 is 28.9 Å². The smallest absolute Gasteiger partial charge is 0.350 e. The van der Waals surface area contributed by atoms with Crippen LogP contribution < -0.4 is 11.1 Å². The number of thiophene rings is 1. The molecule has 6 heteroatoms. The third-order valence-electron chi connectivity index (χ3n) is 3.35. The van der Waals surface area contributed by atoms with Crippen LogP contribution in [0.15, 0.2) is 30.3 Å². The molecule has 0 aliphatic rings. The van der Waals surface area contributed by atoms with Crippen LogP contribution in [0.2, 0.25) is 0 Å². The number of nitrogens with one attached hydrogen (secondary N) is 1. The highest BCUT2D eigenvalue weighted by atomic mass is 32.1. The molecule has 1 aromatic carbocycles. The van der Waals surface area contributed by atoms with Gasteiger partial charge >= 0.3 is 5.97 Å². The summed E-state index contributed by atoms with van der Waals surface area (Å²) >= 11 is 1.19. The third-order valence-corrected chi connectivity index (χ3v) is 4.45. The Morgan fingerprint density at radius 2 is 1.96 bits per heavy atom. The van der Waals surface area contributed by atoms with Gasteiger partial charge in [0.1, 0.15) is 4.88 Å². The SMILES string of the molecule is CCOC(=O)c1sc(C)c(C(=O)NCCc2ccccc2)c1N. The van der Waals surface area contributed by atoms with E-state index >= 15 is 0 Å². The fraction of sp³-hybridized carbons (Fsp3) is 0.294. The second-order valence-corrected chi connectivity index (χ2v) is 6.21. The Bertz CT molecular complexity index is 695. The lowest BCUT2D eigenvalue weighted by Gasteiger charge is -2.06. The van der Waals surface area contributed by atoms with Gasteiger partial charge in [0.15, 0.2) is 0 Å². The van der Waals surface area contributed by atoms with E-state index in [2.05, 4.69) is 5.32 Å². The zero-order chi connectivity index (χ0) is 16.8. The van der Waals surface area contributed by atoms with Crippen LogP contribution in [-0.2, 0) is 11.2 Å². The lowest BCUT2D eigenvalue weighted by molar-refractivity contribution is 0.0533. The summed E-state index contributed by atoms with van der Waals surface area (Å²) in [5, 5.41) is 2.85. The first-order valence-corrected chi connectivity index (χ1v) is 8.24. The quantitative estimate of drug-likeness (QED) is 0.797. The van der Waals surface area contributed by atoms with Crippen LogP contribution in [0.25, 0.3) is 0 Å². The van der Waals surface area contributed by atoms with E-state index in [-0.39, 0.29) is 23.1 Å². The zero-order valence-electron chi connectivity index (χ0n) is 13.2. The van der Waals surface area contributed by atoms with Gasteiger partial charge < -0.3 is 15.8 Å². The lowest BCUT2D eigenvalue weighted by Crippen LogP contribution is -2.26. The van der Waals surface area contributed by atoms with Gasteiger partial charge in [-0.05, 0) is 25.8 Å². The van der Waals surface area contributed by atoms with E-state index in [0.29, 0.717) is 17.0 Å². The van der Waals surface area contributed by atoms with Crippen molar-refractivity contribution in [1.29, 1.82) is 0 Å². The minimum Gasteiger partial charge on any atom is -0.462 e. The Hall–Kier alpha value is -2.34. The fourth-order valence-corrected chi connectivity index (χ4v) is 3.21. The number of ether oxygens (including phenoxy) is 1. The van der Waals surface area contributed by atoms with E-state index in [1.54, 1.807) is 13.8 Å². The molecule has 23 heavy (non-hydrogen) atoms. The number of nitrogens with two attached hydrogens (primary N) is 1. The number of hydrogen-bond donors (Lipinski definition) is 2. The molecule has 0 spiro atoms. The summed E-state index contributed by atoms with van der Waals surface area (Å²) in [6.45, 7) is 4.28. The molecule has 122 valence electrons. The number of aryl methyl sites for hydroxylation is 1. The van der Waals surface area contributed by atoms with E-state index < -0.39 is 5.97 Å². The number of nitrogen functional groups attached to an aromatic ring is 1. The molecule has 1 aromatic heterocycles. The maximum Gasteiger partial charge on any atom is 0.350 e. The van der Waals surface area contributed by atoms with Crippen molar-refractivity contribution in [2.45, 2.75) is 20.3 Å². The van der Waals surface area contributed by atoms with E-state index in [0.717, 1.165) is 12.0 Å². The number of carbonyl (C=O) groups excluding carboxylic acids is 2. The minimum atomic E-state index is -0.485. The molecule has 2 rings (SSSR count). The molecule has 0 radical (unpaired) electrons. The van der Waals surface area contributed by atoms with Crippen molar-refractivity contribution in [3.8, 4) is 0 Å². The molecule has 0 bridgehead atoms. The Morgan fingerprint density at radius 1 is 1.26 bits per heavy atom. The van der Waals surface area contributed by atoms with Gasteiger partial charge in [0, 0.05) is 11.4 Å². The van der Waals surface area contributed by atoms with Crippen molar-refractivity contribution in [3.63, 3.8) is 0 Å². The van der Waals surface area contributed by atoms with Crippen molar-refractivity contribution in [2.75, 3.05) is 18.9 Å². The molecule has 0 atom stereocenters. The normalized spacial score (nSPS) is 10.3. The summed E-state index contributed by atoms with van der Waals surface area (Å²) < 4.78 is 4.96. The van der Waals surface area contributed by atoms with Crippen LogP contribution >= 0.6 is 11.3 Å². The zero-order valence-corrected chi connectivity index (χ0v) is 14.0. The van der Waals surface area contributed by atoms with Crippen LogP contribution in [0.5, 0.6) is 0 Å². The number of esters is 1. The molecule has 0 unspecified atom stereocenters. The third kappa shape index (κ3) is 4.10. The second kappa shape index (κ2) is 7.78. The molecule has 0 aliphatic heterocycles. The number of amides is 1. The molecule has 1 heterocycles. The van der Waals surface area contributed by atoms with Gasteiger partial charge in [-0.1, -0.05) is 30.3 Å². The predicted molar refractivity (Wildman–Crippen MR) is 91.9 cm³/mol. The van der Waals surface area contributed by atoms with Crippen LogP contribution in [0.3, 0.4) is 0 Å². The molecular weight excluding hydrogens is 312 g/mol. The van der Waals surface area contributed by atoms with E-state index in [1.807, 2.05) is 30.3 Å². The summed E-state index contributed by atoms with van der Waals surface area (Å²) in [5.74, 6) is -0.746. The molecule has 3 N–H and O–H groups in total. The van der Waals surface area contributed by atoms with Gasteiger partial charge in [-0.3, -0.25) is 4.79 Å². The Kier molecular flexibility index (Phi) is 5.76. The molecule has 0 saturated heterocycles. The van der Waals surface area contributed by atoms with Crippen molar-refractivity contribution in [1.82, 2.24) is 5.32 Å². The number of rotatable bonds is 6. The van der Waals surface area contributed by atoms with Crippen molar-refractivity contribution < 1.29 is 14.3 Å². The van der Waals surface area contributed by atoms with E-state index in [1.165, 1.54) is 11.3 Å². The van der Waals surface area contributed by atoms with Crippen LogP contribution in [0.4, 0.5) is 5.69 Å². The van der Waals surface area contributed by atoms with Crippen LogP contribution in [0, 0.1) is 6.92 Å². The van der Waals surface area contributed by atoms with Gasteiger partial charge in [0.2, 0.25) is 0 Å². The van der Waals surface area contributed by atoms with Gasteiger partial charge in [-0.15, -0.1) is 11.3 Å². The maximum atomic E-state index is 12.3. The molecule has 0 aliphatic carbocycles. The van der Waals surface area contributed by atoms with Crippen LogP contribution in [0.1, 0.15) is 37.4 Å². The largest absolute Gasteiger partial charge is 0.462 e. The predicted octanol–water partition coefficient (Wildman–Crippen LogP) is 2.79. The summed E-state index contributed by atoms with van der Waals surface area (Å²) in [4.78, 5) is 25.2. The average Bonchev–Trinajstić information content (AvgIpc) is 2.83. The lowest BCUT2D eigenvalue weighted by atomic mass is 10.1. The van der Waals surface area contributed by atoms with Crippen molar-refractivity contribution in [3.05, 3.63) is 51.2 Å². The second-order valence-electron chi connectivity index (χ2n) is 4.99. The van der Waals surface area contributed by atoms with Crippen molar-refractivity contribution in [2.24, 2.45) is 0 Å². The molecular formula is C17H20N2O3S. The summed E-state index contributed by atoms with van der Waals surface area (Å²) in [7, 11) is 0. The first kappa shape index (κ1) is 17.0. The molecule has 0 fully saturated rings. The van der Waals surface area contributed by atoms with Gasteiger partial charge in [0.05, 0.1) is 17.9 Å². The first-order valence-electron chi connectivity index (χ1n) is 7.42. The standard InChI is InChI=1S/C17H20N2O3S/c1-3-22-17(21)15-14(18)13(11(2)23-15)16(20)19-10-9-12-7-5-4-6-8-12/h4-8H,3,9-10,18H2,1-2H3,(H,19,20). The van der Waals surface area contributed by atoms with Gasteiger partial charge in [-0.2, -0.15) is 0 Å². The molecule has 5 nitrogen and oxygen atoms in total. The Morgan fingerprint density at radius 3 is 2.61 bits per heavy atom. The van der Waals surface area contributed by atoms with Gasteiger partial charge in [-0.25, -0.2) is 4.79 Å². The summed E-state index contributed by atoms with van der Waals surface area (Å²) in [6.07, 6.45) is 0.737. The van der Waals surface area contributed by atoms with Gasteiger partial charge in [0.25, 0.3) is 5.91 Å². The van der Waals surface area contributed by atoms with Crippen LogP contribution in [-0.4, -0.2) is 25.0 Å². The Labute approximate surface area is 139 Å². The van der Waals surface area contributed by atoms with E-state index in [9.17, 15) is 9.59 Å². The number of hydrogen-bond acceptors (Lipinski definition) is 5. The highest BCUT2D eigenvalue weighted by Crippen LogP contribution is 2.31. The topological polar surface area (TPSA) is 81.4 Å². The minimum absolute atomic E-state index is 0.197. The molecule has 0 saturated carbocycles. The fourth-order valence-electron chi connectivity index (χ4n) is 2.25. The first-order chi connectivity index (χ1) is 11.0. The average molecular weight is 332 g/mol. The highest BCUT2D eigenvalue weighted by Gasteiger charge is 2.23. The summed E-state index contributed by atoms with van der Waals surface area (Å²) in [6, 6.07) is 9.90. The van der Waals surface area contributed by atoms with E-state index in [4.69, 9.17) is 10.5 Å². The number of benzene rings is 1. The Balaban J connectivity index is 2.03. The monoisotopic (exact) mass is 332 g/mol. The summed E-state index contributed by atoms with van der Waals surface area (Å²) in [5.41, 5.74) is 7.68. The molecule has 1 amide bonds.